The maximum absolute atomic E-state index is 13.1. The number of halogens is 1. The van der Waals surface area contributed by atoms with Crippen LogP contribution < -0.4 is 0 Å². The third kappa shape index (κ3) is 5.27. The van der Waals surface area contributed by atoms with E-state index in [9.17, 15) is 9.90 Å². The number of hydrogen-bond acceptors (Lipinski definition) is 4. The maximum atomic E-state index is 13.1. The highest BCUT2D eigenvalue weighted by molar-refractivity contribution is 14.1. The molecule has 0 spiro atoms. The van der Waals surface area contributed by atoms with Crippen LogP contribution in [0.25, 0.3) is 0 Å². The molecule has 0 bridgehead atoms. The lowest BCUT2D eigenvalue weighted by Crippen LogP contribution is -2.42. The first kappa shape index (κ1) is 21.6. The number of aliphatic hydroxyl groups excluding tert-OH is 1. The Kier molecular flexibility index (Phi) is 8.17. The molecule has 0 aliphatic carbocycles. The Morgan fingerprint density at radius 2 is 1.96 bits per heavy atom. The van der Waals surface area contributed by atoms with E-state index in [4.69, 9.17) is 9.47 Å². The second-order valence-corrected chi connectivity index (χ2v) is 8.68. The number of allylic oxidation sites excluding steroid dienone is 1. The molecule has 5 nitrogen and oxygen atoms in total. The van der Waals surface area contributed by atoms with Crippen LogP contribution in [0.15, 0.2) is 36.1 Å². The third-order valence-corrected chi connectivity index (χ3v) is 6.24. The van der Waals surface area contributed by atoms with E-state index >= 15 is 0 Å². The van der Waals surface area contributed by atoms with Crippen molar-refractivity contribution in [2.75, 3.05) is 26.3 Å². The van der Waals surface area contributed by atoms with Gasteiger partial charge in [-0.25, -0.2) is 0 Å². The molecule has 3 atom stereocenters. The number of likely N-dealkylation sites (tertiary alicyclic amines) is 1. The molecule has 6 heteroatoms. The summed E-state index contributed by atoms with van der Waals surface area (Å²) in [4.78, 5) is 15.0. The Morgan fingerprint density at radius 1 is 1.25 bits per heavy atom. The molecule has 0 aromatic heterocycles. The first-order chi connectivity index (χ1) is 13.6. The normalized spacial score (nSPS) is 25.2. The molecular weight excluding hydrogens is 469 g/mol. The first-order valence-corrected chi connectivity index (χ1v) is 11.4. The monoisotopic (exact) mass is 499 g/mol. The fraction of sp³-hybridized carbons (Fsp3) is 0.591. The summed E-state index contributed by atoms with van der Waals surface area (Å²) >= 11 is 2.30. The van der Waals surface area contributed by atoms with Crippen molar-refractivity contribution in [1.29, 1.82) is 0 Å². The van der Waals surface area contributed by atoms with E-state index in [0.29, 0.717) is 18.8 Å². The van der Waals surface area contributed by atoms with Gasteiger partial charge in [0, 0.05) is 41.7 Å². The molecule has 28 heavy (non-hydrogen) atoms. The summed E-state index contributed by atoms with van der Waals surface area (Å²) < 4.78 is 13.2. The number of benzene rings is 1. The number of ether oxygens (including phenoxy) is 2. The number of nitrogens with zero attached hydrogens (tertiary/aromatic N) is 1. The number of amides is 1. The summed E-state index contributed by atoms with van der Waals surface area (Å²) in [6.07, 6.45) is 6.24. The lowest BCUT2D eigenvalue weighted by atomic mass is 9.80. The SMILES string of the molecule is CCO[C@H]1OC(C(=O)N2CCCCC2)=C[C@@H](c2ccc(I)cc2)[C@H]1CCCO. The minimum Gasteiger partial charge on any atom is -0.459 e. The fourth-order valence-corrected chi connectivity index (χ4v) is 4.43. The molecule has 1 saturated heterocycles. The smallest absolute Gasteiger partial charge is 0.288 e. The molecular formula is C22H30INO4. The Bertz CT molecular complexity index is 670. The van der Waals surface area contributed by atoms with Gasteiger partial charge in [0.2, 0.25) is 6.29 Å². The molecule has 0 unspecified atom stereocenters. The van der Waals surface area contributed by atoms with Crippen LogP contribution in [0.2, 0.25) is 0 Å². The topological polar surface area (TPSA) is 59.0 Å². The van der Waals surface area contributed by atoms with E-state index in [1.54, 1.807) is 0 Å². The van der Waals surface area contributed by atoms with Gasteiger partial charge in [0.25, 0.3) is 5.91 Å². The number of aliphatic hydroxyl groups is 1. The predicted octanol–water partition coefficient (Wildman–Crippen LogP) is 4.05. The van der Waals surface area contributed by atoms with E-state index in [-0.39, 0.29) is 24.3 Å². The van der Waals surface area contributed by atoms with Crippen molar-refractivity contribution in [3.63, 3.8) is 0 Å². The summed E-state index contributed by atoms with van der Waals surface area (Å²) in [5.41, 5.74) is 1.15. The van der Waals surface area contributed by atoms with Gasteiger partial charge < -0.3 is 19.5 Å². The van der Waals surface area contributed by atoms with Crippen molar-refractivity contribution in [3.05, 3.63) is 45.2 Å². The summed E-state index contributed by atoms with van der Waals surface area (Å²) in [5.74, 6) is 0.465. The zero-order valence-electron chi connectivity index (χ0n) is 16.5. The lowest BCUT2D eigenvalue weighted by molar-refractivity contribution is -0.170. The van der Waals surface area contributed by atoms with Crippen LogP contribution in [0, 0.1) is 9.49 Å². The molecule has 0 saturated carbocycles. The van der Waals surface area contributed by atoms with Crippen molar-refractivity contribution in [3.8, 4) is 0 Å². The quantitative estimate of drug-likeness (QED) is 0.576. The summed E-state index contributed by atoms with van der Waals surface area (Å²) in [5, 5.41) is 9.36. The maximum Gasteiger partial charge on any atom is 0.288 e. The molecule has 2 aliphatic heterocycles. The van der Waals surface area contributed by atoms with Crippen molar-refractivity contribution >= 4 is 28.5 Å². The largest absolute Gasteiger partial charge is 0.459 e. The molecule has 2 aliphatic rings. The number of hydrogen-bond donors (Lipinski definition) is 1. The molecule has 3 rings (SSSR count). The highest BCUT2D eigenvalue weighted by Gasteiger charge is 2.38. The second-order valence-electron chi connectivity index (χ2n) is 7.43. The molecule has 0 radical (unpaired) electrons. The van der Waals surface area contributed by atoms with Gasteiger partial charge in [-0.3, -0.25) is 4.79 Å². The van der Waals surface area contributed by atoms with Gasteiger partial charge >= 0.3 is 0 Å². The van der Waals surface area contributed by atoms with Gasteiger partial charge in [-0.15, -0.1) is 0 Å². The Labute approximate surface area is 181 Å². The minimum absolute atomic E-state index is 0.0255. The zero-order chi connectivity index (χ0) is 19.9. The number of piperidine rings is 1. The first-order valence-electron chi connectivity index (χ1n) is 10.3. The van der Waals surface area contributed by atoms with Crippen LogP contribution in [-0.2, 0) is 14.3 Å². The van der Waals surface area contributed by atoms with E-state index in [2.05, 4.69) is 46.9 Å². The number of carbonyl (C=O) groups is 1. The van der Waals surface area contributed by atoms with Crippen LogP contribution in [0.4, 0.5) is 0 Å². The Hall–Kier alpha value is -1.12. The predicted molar refractivity (Wildman–Crippen MR) is 117 cm³/mol. The molecule has 1 N–H and O–H groups in total. The summed E-state index contributed by atoms with van der Waals surface area (Å²) in [6, 6.07) is 8.41. The van der Waals surface area contributed by atoms with E-state index in [1.165, 1.54) is 9.99 Å². The molecule has 2 heterocycles. The van der Waals surface area contributed by atoms with Crippen molar-refractivity contribution in [2.45, 2.75) is 51.2 Å². The zero-order valence-corrected chi connectivity index (χ0v) is 18.6. The molecule has 1 fully saturated rings. The molecule has 154 valence electrons. The van der Waals surface area contributed by atoms with Crippen molar-refractivity contribution < 1.29 is 19.4 Å². The fourth-order valence-electron chi connectivity index (χ4n) is 4.08. The van der Waals surface area contributed by atoms with Gasteiger partial charge in [0.05, 0.1) is 0 Å². The van der Waals surface area contributed by atoms with Gasteiger partial charge in [-0.1, -0.05) is 12.1 Å². The van der Waals surface area contributed by atoms with Gasteiger partial charge in [0.15, 0.2) is 5.76 Å². The van der Waals surface area contributed by atoms with Crippen LogP contribution in [-0.4, -0.2) is 48.5 Å². The summed E-state index contributed by atoms with van der Waals surface area (Å²) in [7, 11) is 0. The highest BCUT2D eigenvalue weighted by Crippen LogP contribution is 2.40. The standard InChI is InChI=1S/C22H30INO4/c1-2-27-22-18(7-6-14-25)19(16-8-10-17(23)11-9-16)15-20(28-22)21(26)24-12-4-3-5-13-24/h8-11,15,18-19,22,25H,2-7,12-14H2,1H3/t18-,19+,22+/m1/s1. The Morgan fingerprint density at radius 3 is 2.61 bits per heavy atom. The minimum atomic E-state index is -0.477. The summed E-state index contributed by atoms with van der Waals surface area (Å²) in [6.45, 7) is 4.18. The lowest BCUT2D eigenvalue weighted by Gasteiger charge is -2.38. The molecule has 1 aromatic rings. The Balaban J connectivity index is 1.92. The molecule has 1 aromatic carbocycles. The van der Waals surface area contributed by atoms with Crippen LogP contribution in [0.3, 0.4) is 0 Å². The van der Waals surface area contributed by atoms with Crippen LogP contribution in [0.1, 0.15) is 50.5 Å². The van der Waals surface area contributed by atoms with Crippen LogP contribution in [0.5, 0.6) is 0 Å². The van der Waals surface area contributed by atoms with Gasteiger partial charge in [-0.05, 0) is 85.4 Å². The van der Waals surface area contributed by atoms with E-state index < -0.39 is 6.29 Å². The van der Waals surface area contributed by atoms with Crippen molar-refractivity contribution in [2.24, 2.45) is 5.92 Å². The highest BCUT2D eigenvalue weighted by atomic mass is 127. The molecule has 1 amide bonds. The average molecular weight is 499 g/mol. The van der Waals surface area contributed by atoms with Gasteiger partial charge in [-0.2, -0.15) is 0 Å². The number of carbonyl (C=O) groups excluding carboxylic acids is 1. The average Bonchev–Trinajstić information content (AvgIpc) is 2.73. The third-order valence-electron chi connectivity index (χ3n) is 5.52. The van der Waals surface area contributed by atoms with E-state index in [0.717, 1.165) is 37.9 Å². The van der Waals surface area contributed by atoms with Gasteiger partial charge in [0.1, 0.15) is 0 Å². The van der Waals surface area contributed by atoms with Crippen LogP contribution >= 0.6 is 22.6 Å². The second kappa shape index (κ2) is 10.6. The number of rotatable bonds is 7. The van der Waals surface area contributed by atoms with Crippen molar-refractivity contribution in [1.82, 2.24) is 4.90 Å². The van der Waals surface area contributed by atoms with E-state index in [1.807, 2.05) is 17.9 Å².